The molecule has 0 atom stereocenters. The molecule has 0 bridgehead atoms. The Kier molecular flexibility index (Phi) is 2.60. The molecule has 23 heavy (non-hydrogen) atoms. The monoisotopic (exact) mass is 312 g/mol. The molecule has 0 aliphatic carbocycles. The fourth-order valence-electron chi connectivity index (χ4n) is 3.59. The first kappa shape index (κ1) is 13.1. The highest BCUT2D eigenvalue weighted by atomic mass is 32.1. The zero-order valence-electron chi connectivity index (χ0n) is 13.2. The van der Waals surface area contributed by atoms with Gasteiger partial charge in [0.2, 0.25) is 0 Å². The van der Waals surface area contributed by atoms with Crippen LogP contribution in [0.3, 0.4) is 0 Å². The van der Waals surface area contributed by atoms with Gasteiger partial charge in [0.1, 0.15) is 0 Å². The molecule has 0 aliphatic heterocycles. The summed E-state index contributed by atoms with van der Waals surface area (Å²) in [7, 11) is 0. The van der Waals surface area contributed by atoms with Crippen molar-refractivity contribution < 1.29 is 0 Å². The minimum atomic E-state index is 1.32. The lowest BCUT2D eigenvalue weighted by Gasteiger charge is -2.01. The van der Waals surface area contributed by atoms with Crippen LogP contribution in [0, 0.1) is 13.8 Å². The van der Waals surface area contributed by atoms with Crippen LogP contribution in [-0.4, -0.2) is 0 Å². The van der Waals surface area contributed by atoms with Crippen molar-refractivity contribution in [2.75, 3.05) is 0 Å². The molecule has 0 radical (unpaired) electrons. The van der Waals surface area contributed by atoms with Gasteiger partial charge in [0, 0.05) is 20.2 Å². The second kappa shape index (κ2) is 4.56. The Balaban J connectivity index is 2.01. The third-order valence-electron chi connectivity index (χ3n) is 4.75. The van der Waals surface area contributed by atoms with Gasteiger partial charge in [0.25, 0.3) is 0 Å². The molecule has 1 aromatic heterocycles. The van der Waals surface area contributed by atoms with Crippen molar-refractivity contribution in [1.29, 1.82) is 0 Å². The van der Waals surface area contributed by atoms with Crippen LogP contribution in [0.4, 0.5) is 0 Å². The first-order valence-corrected chi connectivity index (χ1v) is 8.77. The molecule has 5 aromatic rings. The van der Waals surface area contributed by atoms with Gasteiger partial charge in [0.15, 0.2) is 0 Å². The van der Waals surface area contributed by atoms with E-state index in [0.29, 0.717) is 0 Å². The third-order valence-corrected chi connectivity index (χ3v) is 6.03. The molecular weight excluding hydrogens is 296 g/mol. The maximum absolute atomic E-state index is 2.29. The van der Waals surface area contributed by atoms with Crippen LogP contribution in [0.5, 0.6) is 0 Å². The lowest BCUT2D eigenvalue weighted by atomic mass is 10.0. The summed E-state index contributed by atoms with van der Waals surface area (Å²) >= 11 is 1.93. The number of benzene rings is 4. The van der Waals surface area contributed by atoms with Gasteiger partial charge in [-0.3, -0.25) is 0 Å². The molecule has 0 aliphatic rings. The fraction of sp³-hybridized carbons (Fsp3) is 0.0909. The molecule has 0 spiro atoms. The van der Waals surface area contributed by atoms with E-state index in [1.165, 1.54) is 52.8 Å². The number of fused-ring (bicyclic) bond motifs is 7. The van der Waals surface area contributed by atoms with Gasteiger partial charge in [-0.25, -0.2) is 0 Å². The predicted molar refractivity (Wildman–Crippen MR) is 104 cm³/mol. The van der Waals surface area contributed by atoms with E-state index in [4.69, 9.17) is 0 Å². The number of rotatable bonds is 0. The Labute approximate surface area is 139 Å². The topological polar surface area (TPSA) is 0 Å². The van der Waals surface area contributed by atoms with E-state index < -0.39 is 0 Å². The largest absolute Gasteiger partial charge is 0.134 e. The summed E-state index contributed by atoms with van der Waals surface area (Å²) in [5.74, 6) is 0. The summed E-state index contributed by atoms with van der Waals surface area (Å²) in [6.07, 6.45) is 0. The van der Waals surface area contributed by atoms with E-state index in [1.807, 2.05) is 11.3 Å². The minimum absolute atomic E-state index is 1.32. The van der Waals surface area contributed by atoms with Crippen LogP contribution < -0.4 is 0 Å². The van der Waals surface area contributed by atoms with Gasteiger partial charge in [-0.1, -0.05) is 71.8 Å². The van der Waals surface area contributed by atoms with Crippen molar-refractivity contribution in [3.05, 3.63) is 71.8 Å². The standard InChI is InChI=1S/C22H16S/c1-13-3-7-17-15(11-13)5-9-19-20-10-6-16-12-14(2)4-8-18(16)22(20)23-21(17)19/h3-12H,1-2H3. The van der Waals surface area contributed by atoms with Crippen LogP contribution >= 0.6 is 11.3 Å². The van der Waals surface area contributed by atoms with Gasteiger partial charge < -0.3 is 0 Å². The van der Waals surface area contributed by atoms with Gasteiger partial charge >= 0.3 is 0 Å². The summed E-state index contributed by atoms with van der Waals surface area (Å²) in [6.45, 7) is 4.31. The molecule has 0 N–H and O–H groups in total. The lowest BCUT2D eigenvalue weighted by Crippen LogP contribution is -1.76. The maximum Gasteiger partial charge on any atom is 0.0434 e. The second-order valence-corrected chi connectivity index (χ2v) is 7.46. The van der Waals surface area contributed by atoms with Crippen molar-refractivity contribution in [1.82, 2.24) is 0 Å². The zero-order chi connectivity index (χ0) is 15.6. The lowest BCUT2D eigenvalue weighted by molar-refractivity contribution is 1.51. The van der Waals surface area contributed by atoms with E-state index >= 15 is 0 Å². The SMILES string of the molecule is Cc1ccc2c(ccc3c4ccc5cc(C)ccc5c4sc23)c1. The summed E-state index contributed by atoms with van der Waals surface area (Å²) < 4.78 is 2.82. The van der Waals surface area contributed by atoms with Gasteiger partial charge in [0.05, 0.1) is 0 Å². The molecule has 0 nitrogen and oxygen atoms in total. The van der Waals surface area contributed by atoms with Crippen LogP contribution in [-0.2, 0) is 0 Å². The average molecular weight is 312 g/mol. The van der Waals surface area contributed by atoms with Gasteiger partial charge in [-0.2, -0.15) is 0 Å². The predicted octanol–water partition coefficient (Wildman–Crippen LogP) is 6.98. The molecule has 1 heteroatoms. The summed E-state index contributed by atoms with van der Waals surface area (Å²) in [6, 6.07) is 22.6. The second-order valence-electron chi connectivity index (χ2n) is 6.44. The van der Waals surface area contributed by atoms with Crippen molar-refractivity contribution in [2.24, 2.45) is 0 Å². The Bertz CT molecular complexity index is 1130. The van der Waals surface area contributed by atoms with E-state index in [-0.39, 0.29) is 0 Å². The molecule has 0 saturated carbocycles. The quantitative estimate of drug-likeness (QED) is 0.289. The number of thiophene rings is 1. The van der Waals surface area contributed by atoms with Crippen LogP contribution in [0.2, 0.25) is 0 Å². The number of hydrogen-bond donors (Lipinski definition) is 0. The van der Waals surface area contributed by atoms with Crippen molar-refractivity contribution in [3.8, 4) is 0 Å². The minimum Gasteiger partial charge on any atom is -0.134 e. The molecule has 0 fully saturated rings. The molecule has 0 saturated heterocycles. The van der Waals surface area contributed by atoms with Crippen LogP contribution in [0.15, 0.2) is 60.7 Å². The Morgan fingerprint density at radius 1 is 0.522 bits per heavy atom. The number of aryl methyl sites for hydroxylation is 2. The average Bonchev–Trinajstić information content (AvgIpc) is 2.93. The maximum atomic E-state index is 2.29. The van der Waals surface area contributed by atoms with Crippen LogP contribution in [0.25, 0.3) is 41.7 Å². The van der Waals surface area contributed by atoms with Crippen LogP contribution in [0.1, 0.15) is 11.1 Å². The van der Waals surface area contributed by atoms with Crippen molar-refractivity contribution in [3.63, 3.8) is 0 Å². The molecule has 5 rings (SSSR count). The molecule has 4 aromatic carbocycles. The normalized spacial score (nSPS) is 11.9. The Hall–Kier alpha value is -2.38. The highest BCUT2D eigenvalue weighted by Crippen LogP contribution is 2.41. The first-order valence-electron chi connectivity index (χ1n) is 7.96. The molecular formula is C22H16S. The van der Waals surface area contributed by atoms with E-state index in [0.717, 1.165) is 0 Å². The zero-order valence-corrected chi connectivity index (χ0v) is 14.0. The summed E-state index contributed by atoms with van der Waals surface area (Å²) in [4.78, 5) is 0. The first-order chi connectivity index (χ1) is 11.2. The Morgan fingerprint density at radius 3 is 1.43 bits per heavy atom. The highest BCUT2D eigenvalue weighted by Gasteiger charge is 2.11. The van der Waals surface area contributed by atoms with E-state index in [1.54, 1.807) is 0 Å². The fourth-order valence-corrected chi connectivity index (χ4v) is 4.96. The van der Waals surface area contributed by atoms with Crippen molar-refractivity contribution in [2.45, 2.75) is 13.8 Å². The smallest absolute Gasteiger partial charge is 0.0434 e. The highest BCUT2D eigenvalue weighted by molar-refractivity contribution is 7.27. The summed E-state index contributed by atoms with van der Waals surface area (Å²) in [5, 5.41) is 8.17. The Morgan fingerprint density at radius 2 is 0.957 bits per heavy atom. The molecule has 110 valence electrons. The van der Waals surface area contributed by atoms with E-state index in [2.05, 4.69) is 74.5 Å². The number of hydrogen-bond acceptors (Lipinski definition) is 1. The summed E-state index contributed by atoms with van der Waals surface area (Å²) in [5.41, 5.74) is 2.64. The van der Waals surface area contributed by atoms with E-state index in [9.17, 15) is 0 Å². The van der Waals surface area contributed by atoms with Gasteiger partial charge in [-0.15, -0.1) is 11.3 Å². The third kappa shape index (κ3) is 1.83. The molecule has 1 heterocycles. The van der Waals surface area contributed by atoms with Crippen molar-refractivity contribution >= 4 is 53.1 Å². The molecule has 0 amide bonds. The van der Waals surface area contributed by atoms with Gasteiger partial charge in [-0.05, 0) is 35.4 Å². The molecule has 0 unspecified atom stereocenters.